The van der Waals surface area contributed by atoms with Gasteiger partial charge >= 0.3 is 6.09 Å². The summed E-state index contributed by atoms with van der Waals surface area (Å²) in [6.07, 6.45) is 2.45. The number of carbonyl (C=O) groups excluding carboxylic acids is 1. The van der Waals surface area contributed by atoms with E-state index in [0.717, 1.165) is 30.5 Å². The van der Waals surface area contributed by atoms with Crippen molar-refractivity contribution in [1.29, 1.82) is 0 Å². The molecule has 0 aliphatic heterocycles. The number of hydrazone groups is 1. The molecule has 0 atom stereocenters. The van der Waals surface area contributed by atoms with E-state index in [1.165, 1.54) is 16.1 Å². The SMILES string of the molecule is CC(C)(C)OC(=O)N(/N=C1\CCCc2ccccc21)c1ccc(C(C)(C)C)cc1. The van der Waals surface area contributed by atoms with E-state index < -0.39 is 11.7 Å². The summed E-state index contributed by atoms with van der Waals surface area (Å²) in [7, 11) is 0. The summed E-state index contributed by atoms with van der Waals surface area (Å²) in [5.41, 5.74) is 4.71. The predicted molar refractivity (Wildman–Crippen MR) is 120 cm³/mol. The number of ether oxygens (including phenoxy) is 1. The van der Waals surface area contributed by atoms with Gasteiger partial charge in [0, 0.05) is 5.56 Å². The highest BCUT2D eigenvalue weighted by molar-refractivity contribution is 6.04. The molecule has 0 N–H and O–H groups in total. The second-order valence-electron chi connectivity index (χ2n) is 9.65. The third-order valence-electron chi connectivity index (χ3n) is 4.95. The van der Waals surface area contributed by atoms with Gasteiger partial charge in [-0.2, -0.15) is 10.1 Å². The monoisotopic (exact) mass is 392 g/mol. The van der Waals surface area contributed by atoms with Crippen LogP contribution in [0.15, 0.2) is 53.6 Å². The van der Waals surface area contributed by atoms with Crippen LogP contribution in [0.1, 0.15) is 71.1 Å². The van der Waals surface area contributed by atoms with Crippen LogP contribution in [0.3, 0.4) is 0 Å². The second kappa shape index (κ2) is 8.02. The first-order valence-corrected chi connectivity index (χ1v) is 10.3. The van der Waals surface area contributed by atoms with E-state index in [0.29, 0.717) is 5.69 Å². The van der Waals surface area contributed by atoms with E-state index in [4.69, 9.17) is 9.84 Å². The van der Waals surface area contributed by atoms with Crippen LogP contribution in [-0.4, -0.2) is 17.4 Å². The van der Waals surface area contributed by atoms with Crippen molar-refractivity contribution < 1.29 is 9.53 Å². The molecule has 0 saturated carbocycles. The molecule has 2 aromatic rings. The lowest BCUT2D eigenvalue weighted by Crippen LogP contribution is -2.35. The van der Waals surface area contributed by atoms with E-state index in [9.17, 15) is 4.79 Å². The normalized spacial score (nSPS) is 15.7. The standard InChI is InChI=1S/C25H32N2O2/c1-24(2,3)19-14-16-20(17-15-19)27(23(28)29-25(4,5)6)26-22-13-9-11-18-10-7-8-12-21(18)22/h7-8,10,12,14-17H,9,11,13H2,1-6H3/b26-22+. The maximum Gasteiger partial charge on any atom is 0.435 e. The third kappa shape index (κ3) is 5.26. The minimum Gasteiger partial charge on any atom is -0.442 e. The number of fused-ring (bicyclic) bond motifs is 1. The van der Waals surface area contributed by atoms with Crippen molar-refractivity contribution in [2.45, 2.75) is 71.8 Å². The Bertz CT molecular complexity index is 900. The molecule has 0 fully saturated rings. The molecular weight excluding hydrogens is 360 g/mol. The van der Waals surface area contributed by atoms with E-state index in [1.807, 2.05) is 39.0 Å². The Kier molecular flexibility index (Phi) is 5.83. The van der Waals surface area contributed by atoms with Gasteiger partial charge < -0.3 is 4.74 Å². The molecule has 1 aliphatic carbocycles. The molecule has 0 unspecified atom stereocenters. The van der Waals surface area contributed by atoms with E-state index >= 15 is 0 Å². The molecule has 1 amide bonds. The number of anilines is 1. The second-order valence-corrected chi connectivity index (χ2v) is 9.65. The molecule has 3 rings (SSSR count). The molecule has 154 valence electrons. The highest BCUT2D eigenvalue weighted by Crippen LogP contribution is 2.28. The molecule has 0 spiro atoms. The van der Waals surface area contributed by atoms with Crippen LogP contribution in [0.4, 0.5) is 10.5 Å². The molecule has 4 nitrogen and oxygen atoms in total. The molecular formula is C25H32N2O2. The van der Waals surface area contributed by atoms with Gasteiger partial charge in [-0.05, 0) is 68.7 Å². The summed E-state index contributed by atoms with van der Waals surface area (Å²) in [5.74, 6) is 0. The third-order valence-corrected chi connectivity index (χ3v) is 4.95. The van der Waals surface area contributed by atoms with Gasteiger partial charge in [0.25, 0.3) is 0 Å². The van der Waals surface area contributed by atoms with Crippen molar-refractivity contribution in [1.82, 2.24) is 0 Å². The van der Waals surface area contributed by atoms with Gasteiger partial charge in [0.05, 0.1) is 11.4 Å². The van der Waals surface area contributed by atoms with Gasteiger partial charge in [-0.3, -0.25) is 0 Å². The van der Waals surface area contributed by atoms with Crippen LogP contribution in [0.2, 0.25) is 0 Å². The number of benzene rings is 2. The first kappa shape index (κ1) is 21.1. The van der Waals surface area contributed by atoms with Crippen LogP contribution in [-0.2, 0) is 16.6 Å². The maximum absolute atomic E-state index is 13.0. The lowest BCUT2D eigenvalue weighted by Gasteiger charge is -2.27. The molecule has 4 heteroatoms. The lowest BCUT2D eigenvalue weighted by molar-refractivity contribution is 0.0581. The minimum absolute atomic E-state index is 0.0451. The van der Waals surface area contributed by atoms with Gasteiger partial charge in [0.2, 0.25) is 0 Å². The zero-order chi connectivity index (χ0) is 21.2. The Morgan fingerprint density at radius 3 is 2.21 bits per heavy atom. The number of amides is 1. The lowest BCUT2D eigenvalue weighted by atomic mass is 9.87. The van der Waals surface area contributed by atoms with Crippen molar-refractivity contribution in [3.05, 3.63) is 65.2 Å². The highest BCUT2D eigenvalue weighted by Gasteiger charge is 2.26. The van der Waals surface area contributed by atoms with Gasteiger partial charge in [-0.1, -0.05) is 57.2 Å². The maximum atomic E-state index is 13.0. The molecule has 0 saturated heterocycles. The van der Waals surface area contributed by atoms with Crippen LogP contribution < -0.4 is 5.01 Å². The summed E-state index contributed by atoms with van der Waals surface area (Å²) in [6.45, 7) is 12.1. The van der Waals surface area contributed by atoms with Crippen molar-refractivity contribution in [2.75, 3.05) is 5.01 Å². The largest absolute Gasteiger partial charge is 0.442 e. The minimum atomic E-state index is -0.592. The Balaban J connectivity index is 2.02. The Morgan fingerprint density at radius 2 is 1.59 bits per heavy atom. The van der Waals surface area contributed by atoms with Gasteiger partial charge in [0.15, 0.2) is 0 Å². The molecule has 0 aromatic heterocycles. The van der Waals surface area contributed by atoms with Gasteiger partial charge in [-0.25, -0.2) is 4.79 Å². The summed E-state index contributed by atoms with van der Waals surface area (Å²) < 4.78 is 5.66. The van der Waals surface area contributed by atoms with E-state index in [-0.39, 0.29) is 5.41 Å². The van der Waals surface area contributed by atoms with Gasteiger partial charge in [0.1, 0.15) is 5.60 Å². The Labute approximate surface area is 174 Å². The zero-order valence-electron chi connectivity index (χ0n) is 18.5. The number of nitrogens with zero attached hydrogens (tertiary/aromatic N) is 2. The number of carbonyl (C=O) groups is 1. The van der Waals surface area contributed by atoms with Crippen LogP contribution in [0.25, 0.3) is 0 Å². The molecule has 0 bridgehead atoms. The van der Waals surface area contributed by atoms with Crippen molar-refractivity contribution in [2.24, 2.45) is 5.10 Å². The number of aryl methyl sites for hydroxylation is 1. The average Bonchev–Trinajstić information content (AvgIpc) is 2.64. The van der Waals surface area contributed by atoms with Crippen LogP contribution in [0.5, 0.6) is 0 Å². The summed E-state index contributed by atoms with van der Waals surface area (Å²) in [5, 5.41) is 6.21. The molecule has 0 heterocycles. The fraction of sp³-hybridized carbons (Fsp3) is 0.440. The van der Waals surface area contributed by atoms with E-state index in [2.05, 4.69) is 51.1 Å². The summed E-state index contributed by atoms with van der Waals surface area (Å²) >= 11 is 0. The number of hydrogen-bond donors (Lipinski definition) is 0. The topological polar surface area (TPSA) is 41.9 Å². The fourth-order valence-corrected chi connectivity index (χ4v) is 3.44. The highest BCUT2D eigenvalue weighted by atomic mass is 16.6. The smallest absolute Gasteiger partial charge is 0.435 e. The van der Waals surface area contributed by atoms with Crippen LogP contribution in [0, 0.1) is 0 Å². The van der Waals surface area contributed by atoms with Gasteiger partial charge in [-0.15, -0.1) is 0 Å². The molecule has 0 radical (unpaired) electrons. The summed E-state index contributed by atoms with van der Waals surface area (Å²) in [6, 6.07) is 16.3. The first-order chi connectivity index (χ1) is 13.5. The van der Waals surface area contributed by atoms with Crippen LogP contribution >= 0.6 is 0 Å². The molecule has 29 heavy (non-hydrogen) atoms. The summed E-state index contributed by atoms with van der Waals surface area (Å²) in [4.78, 5) is 13.0. The van der Waals surface area contributed by atoms with E-state index in [1.54, 1.807) is 0 Å². The molecule has 2 aromatic carbocycles. The quantitative estimate of drug-likeness (QED) is 0.550. The Morgan fingerprint density at radius 1 is 0.931 bits per heavy atom. The van der Waals surface area contributed by atoms with Crippen molar-refractivity contribution in [3.8, 4) is 0 Å². The Hall–Kier alpha value is -2.62. The number of hydrogen-bond acceptors (Lipinski definition) is 3. The number of rotatable bonds is 2. The first-order valence-electron chi connectivity index (χ1n) is 10.3. The zero-order valence-corrected chi connectivity index (χ0v) is 18.5. The molecule has 1 aliphatic rings. The van der Waals surface area contributed by atoms with Crippen molar-refractivity contribution in [3.63, 3.8) is 0 Å². The predicted octanol–water partition coefficient (Wildman–Crippen LogP) is 6.47. The fourth-order valence-electron chi connectivity index (χ4n) is 3.44. The van der Waals surface area contributed by atoms with Crippen molar-refractivity contribution >= 4 is 17.5 Å². The average molecular weight is 393 g/mol.